The maximum Gasteiger partial charge on any atom is 0.261 e. The van der Waals surface area contributed by atoms with E-state index in [9.17, 15) is 10.2 Å². The molecule has 1 aromatic carbocycles. The van der Waals surface area contributed by atoms with E-state index >= 15 is 0 Å². The van der Waals surface area contributed by atoms with Gasteiger partial charge in [-0.25, -0.2) is 4.98 Å². The largest absolute Gasteiger partial charge is 0.396 e. The first-order chi connectivity index (χ1) is 18.0. The molecule has 5 rings (SSSR count). The molecule has 2 fully saturated rings. The van der Waals surface area contributed by atoms with E-state index in [-0.39, 0.29) is 19.3 Å². The quantitative estimate of drug-likeness (QED) is 0.420. The average Bonchev–Trinajstić information content (AvgIpc) is 3.34. The van der Waals surface area contributed by atoms with Crippen LogP contribution < -0.4 is 10.2 Å². The monoisotopic (exact) mass is 509 g/mol. The number of anilines is 1. The maximum atomic E-state index is 10.2. The van der Waals surface area contributed by atoms with Crippen LogP contribution in [0.2, 0.25) is 0 Å². The smallest absolute Gasteiger partial charge is 0.261 e. The molecule has 2 aliphatic heterocycles. The zero-order chi connectivity index (χ0) is 25.9. The zero-order valence-electron chi connectivity index (χ0n) is 22.2. The highest BCUT2D eigenvalue weighted by Crippen LogP contribution is 2.40. The lowest BCUT2D eigenvalue weighted by Crippen LogP contribution is -2.52. The van der Waals surface area contributed by atoms with Crippen molar-refractivity contribution >= 4 is 16.7 Å². The van der Waals surface area contributed by atoms with Crippen LogP contribution in [0, 0.1) is 13.8 Å². The summed E-state index contributed by atoms with van der Waals surface area (Å²) in [6.07, 6.45) is 5.49. The SMILES string of the molecule is CCc1cc(CO)c2nc(N3CCC(NC4CCOCC4)CC3CCO)c(-c3nc(C)no3)c(C)c2c1. The van der Waals surface area contributed by atoms with E-state index in [0.717, 1.165) is 90.8 Å². The minimum atomic E-state index is -0.0770. The highest BCUT2D eigenvalue weighted by molar-refractivity contribution is 5.94. The van der Waals surface area contributed by atoms with E-state index in [1.54, 1.807) is 0 Å². The summed E-state index contributed by atoms with van der Waals surface area (Å²) in [6, 6.07) is 5.17. The Morgan fingerprint density at radius 2 is 1.89 bits per heavy atom. The highest BCUT2D eigenvalue weighted by atomic mass is 16.5. The molecule has 3 N–H and O–H groups in total. The fourth-order valence-electron chi connectivity index (χ4n) is 5.93. The average molecular weight is 510 g/mol. The maximum absolute atomic E-state index is 10.2. The van der Waals surface area contributed by atoms with Gasteiger partial charge in [-0.15, -0.1) is 0 Å². The first-order valence-electron chi connectivity index (χ1n) is 13.6. The van der Waals surface area contributed by atoms with E-state index in [2.05, 4.69) is 40.3 Å². The summed E-state index contributed by atoms with van der Waals surface area (Å²) in [5.74, 6) is 1.82. The Morgan fingerprint density at radius 3 is 2.57 bits per heavy atom. The van der Waals surface area contributed by atoms with Gasteiger partial charge >= 0.3 is 0 Å². The van der Waals surface area contributed by atoms with Crippen molar-refractivity contribution in [2.75, 3.05) is 31.3 Å². The first kappa shape index (κ1) is 26.0. The van der Waals surface area contributed by atoms with E-state index < -0.39 is 0 Å². The third-order valence-corrected chi connectivity index (χ3v) is 7.93. The van der Waals surface area contributed by atoms with Gasteiger partial charge in [-0.1, -0.05) is 18.1 Å². The molecule has 2 atom stereocenters. The van der Waals surface area contributed by atoms with Gasteiger partial charge in [0.15, 0.2) is 5.82 Å². The number of rotatable bonds is 8. The molecular weight excluding hydrogens is 470 g/mol. The molecular formula is C28H39N5O4. The number of piperidine rings is 1. The Morgan fingerprint density at radius 1 is 1.08 bits per heavy atom. The van der Waals surface area contributed by atoms with E-state index in [1.165, 1.54) is 0 Å². The van der Waals surface area contributed by atoms with Gasteiger partial charge in [0, 0.05) is 55.4 Å². The molecule has 2 aromatic heterocycles. The second-order valence-electron chi connectivity index (χ2n) is 10.4. The molecule has 0 bridgehead atoms. The Hall–Kier alpha value is -2.59. The molecule has 0 saturated carbocycles. The highest BCUT2D eigenvalue weighted by Gasteiger charge is 2.34. The van der Waals surface area contributed by atoms with Crippen molar-refractivity contribution in [1.29, 1.82) is 0 Å². The summed E-state index contributed by atoms with van der Waals surface area (Å²) in [4.78, 5) is 12.1. The molecule has 200 valence electrons. The van der Waals surface area contributed by atoms with E-state index in [1.807, 2.05) is 13.0 Å². The van der Waals surface area contributed by atoms with Crippen LogP contribution in [-0.4, -0.2) is 69.8 Å². The summed E-state index contributed by atoms with van der Waals surface area (Å²) in [5.41, 5.74) is 4.63. The fourth-order valence-corrected chi connectivity index (χ4v) is 5.93. The summed E-state index contributed by atoms with van der Waals surface area (Å²) >= 11 is 0. The minimum Gasteiger partial charge on any atom is -0.396 e. The number of benzene rings is 1. The van der Waals surface area contributed by atoms with Crippen LogP contribution in [0.4, 0.5) is 5.82 Å². The lowest BCUT2D eigenvalue weighted by Gasteiger charge is -2.42. The summed E-state index contributed by atoms with van der Waals surface area (Å²) < 4.78 is 11.2. The fraction of sp³-hybridized carbons (Fsp3) is 0.607. The molecule has 9 heteroatoms. The van der Waals surface area contributed by atoms with Crippen molar-refractivity contribution in [3.8, 4) is 11.5 Å². The van der Waals surface area contributed by atoms with Crippen LogP contribution in [0.1, 0.15) is 61.5 Å². The van der Waals surface area contributed by atoms with Crippen LogP contribution in [0.15, 0.2) is 16.7 Å². The number of aliphatic hydroxyl groups excluding tert-OH is 2. The van der Waals surface area contributed by atoms with Gasteiger partial charge in [0.2, 0.25) is 0 Å². The number of nitrogens with zero attached hydrogens (tertiary/aromatic N) is 4. The lowest BCUT2D eigenvalue weighted by molar-refractivity contribution is 0.0729. The number of pyridine rings is 1. The van der Waals surface area contributed by atoms with Gasteiger partial charge in [0.05, 0.1) is 17.7 Å². The Bertz CT molecular complexity index is 1220. The molecule has 0 amide bonds. The predicted octanol–water partition coefficient (Wildman–Crippen LogP) is 3.44. The van der Waals surface area contributed by atoms with Gasteiger partial charge < -0.3 is 29.7 Å². The molecule has 2 unspecified atom stereocenters. The first-order valence-corrected chi connectivity index (χ1v) is 13.6. The molecule has 2 saturated heterocycles. The molecule has 9 nitrogen and oxygen atoms in total. The number of aromatic nitrogens is 3. The van der Waals surface area contributed by atoms with Crippen molar-refractivity contribution in [2.45, 2.75) is 84.0 Å². The number of ether oxygens (including phenoxy) is 1. The van der Waals surface area contributed by atoms with Gasteiger partial charge in [-0.05, 0) is 69.6 Å². The number of aliphatic hydroxyl groups is 2. The standard InChI is InChI=1S/C28H39N5O4/c1-4-19-13-20(16-35)26-24(14-19)17(2)25(28-29-18(3)32-37-28)27(31-26)33-9-5-22(15-23(33)6-10-34)30-21-7-11-36-12-8-21/h13-14,21-23,30,34-35H,4-12,15-16H2,1-3H3. The van der Waals surface area contributed by atoms with Gasteiger partial charge in [0.1, 0.15) is 5.82 Å². The third kappa shape index (κ3) is 5.36. The Balaban J connectivity index is 1.58. The van der Waals surface area contributed by atoms with Gasteiger partial charge in [0.25, 0.3) is 5.89 Å². The molecule has 37 heavy (non-hydrogen) atoms. The number of fused-ring (bicyclic) bond motifs is 1. The molecule has 2 aliphatic rings. The van der Waals surface area contributed by atoms with Gasteiger partial charge in [-0.2, -0.15) is 4.98 Å². The summed E-state index contributed by atoms with van der Waals surface area (Å²) in [7, 11) is 0. The predicted molar refractivity (Wildman–Crippen MR) is 143 cm³/mol. The molecule has 3 aromatic rings. The van der Waals surface area contributed by atoms with Crippen molar-refractivity contribution < 1.29 is 19.5 Å². The van der Waals surface area contributed by atoms with Crippen LogP contribution in [0.3, 0.4) is 0 Å². The zero-order valence-corrected chi connectivity index (χ0v) is 22.2. The molecule has 0 spiro atoms. The van der Waals surface area contributed by atoms with Gasteiger partial charge in [-0.3, -0.25) is 0 Å². The Labute approximate surface area is 218 Å². The van der Waals surface area contributed by atoms with Crippen LogP contribution in [-0.2, 0) is 17.8 Å². The second-order valence-corrected chi connectivity index (χ2v) is 10.4. The van der Waals surface area contributed by atoms with Crippen molar-refractivity contribution in [1.82, 2.24) is 20.4 Å². The number of nitrogens with one attached hydrogen (secondary N) is 1. The molecule has 0 aliphatic carbocycles. The van der Waals surface area contributed by atoms with Crippen molar-refractivity contribution in [2.24, 2.45) is 0 Å². The summed E-state index contributed by atoms with van der Waals surface area (Å²) in [6.45, 7) is 8.46. The van der Waals surface area contributed by atoms with Crippen molar-refractivity contribution in [3.63, 3.8) is 0 Å². The minimum absolute atomic E-state index is 0.0770. The van der Waals surface area contributed by atoms with Crippen LogP contribution >= 0.6 is 0 Å². The normalized spacial score (nSPS) is 21.2. The molecule has 4 heterocycles. The number of hydrogen-bond acceptors (Lipinski definition) is 9. The second kappa shape index (κ2) is 11.4. The van der Waals surface area contributed by atoms with Crippen LogP contribution in [0.5, 0.6) is 0 Å². The lowest BCUT2D eigenvalue weighted by atomic mass is 9.92. The topological polar surface area (TPSA) is 117 Å². The number of hydrogen-bond donors (Lipinski definition) is 3. The van der Waals surface area contributed by atoms with E-state index in [0.29, 0.717) is 30.2 Å². The van der Waals surface area contributed by atoms with E-state index in [4.69, 9.17) is 14.2 Å². The third-order valence-electron chi connectivity index (χ3n) is 7.93. The summed E-state index contributed by atoms with van der Waals surface area (Å²) in [5, 5.41) is 29.1. The Kier molecular flexibility index (Phi) is 8.04. The number of aryl methyl sites for hydroxylation is 3. The van der Waals surface area contributed by atoms with Crippen LogP contribution in [0.25, 0.3) is 22.4 Å². The molecule has 0 radical (unpaired) electrons. The van der Waals surface area contributed by atoms with Crippen molar-refractivity contribution in [3.05, 3.63) is 34.6 Å².